The van der Waals surface area contributed by atoms with Gasteiger partial charge in [-0.25, -0.2) is 0 Å². The molecule has 5 nitrogen and oxygen atoms in total. The van der Waals surface area contributed by atoms with Crippen LogP contribution in [0.2, 0.25) is 0 Å². The van der Waals surface area contributed by atoms with Gasteiger partial charge in [0.1, 0.15) is 0 Å². The van der Waals surface area contributed by atoms with Crippen LogP contribution >= 0.6 is 0 Å². The molecule has 5 heteroatoms. The van der Waals surface area contributed by atoms with Crippen LogP contribution in [0.15, 0.2) is 36.5 Å². The number of pyridine rings is 1. The van der Waals surface area contributed by atoms with Crippen molar-refractivity contribution in [2.24, 2.45) is 5.73 Å². The molecule has 0 fully saturated rings. The van der Waals surface area contributed by atoms with Crippen LogP contribution in [-0.4, -0.2) is 17.7 Å². The van der Waals surface area contributed by atoms with Crippen LogP contribution in [0.3, 0.4) is 0 Å². The fraction of sp³-hybridized carbons (Fsp3) is 0.0769. The first kappa shape index (κ1) is 10.6. The number of carbonyl (C=O) groups excluding carboxylic acids is 1. The van der Waals surface area contributed by atoms with Gasteiger partial charge in [0.15, 0.2) is 11.5 Å². The molecule has 0 saturated carbocycles. The van der Waals surface area contributed by atoms with E-state index in [0.29, 0.717) is 11.3 Å². The van der Waals surface area contributed by atoms with Gasteiger partial charge in [-0.05, 0) is 30.3 Å². The van der Waals surface area contributed by atoms with E-state index in [1.165, 1.54) is 6.20 Å². The lowest BCUT2D eigenvalue weighted by molar-refractivity contribution is 0.1000. The average molecular weight is 242 g/mol. The van der Waals surface area contributed by atoms with Gasteiger partial charge in [0.2, 0.25) is 12.7 Å². The number of primary amides is 1. The molecule has 0 bridgehead atoms. The second-order valence-corrected chi connectivity index (χ2v) is 3.86. The SMILES string of the molecule is NC(=O)c1ccc(-c2ccc3c(c2)OCO3)nc1. The number of nitrogens with two attached hydrogens (primary N) is 1. The van der Waals surface area contributed by atoms with Crippen LogP contribution in [0.1, 0.15) is 10.4 Å². The Morgan fingerprint density at radius 3 is 2.72 bits per heavy atom. The summed E-state index contributed by atoms with van der Waals surface area (Å²) >= 11 is 0. The first-order valence-electron chi connectivity index (χ1n) is 5.40. The Morgan fingerprint density at radius 2 is 2.00 bits per heavy atom. The highest BCUT2D eigenvalue weighted by Gasteiger charge is 2.14. The maximum atomic E-state index is 10.9. The zero-order chi connectivity index (χ0) is 12.5. The number of nitrogens with zero attached hydrogens (tertiary/aromatic N) is 1. The summed E-state index contributed by atoms with van der Waals surface area (Å²) in [6.45, 7) is 0.243. The molecular weight excluding hydrogens is 232 g/mol. The summed E-state index contributed by atoms with van der Waals surface area (Å²) < 4.78 is 10.5. The zero-order valence-electron chi connectivity index (χ0n) is 9.42. The summed E-state index contributed by atoms with van der Waals surface area (Å²) in [6.07, 6.45) is 1.46. The maximum absolute atomic E-state index is 10.9. The van der Waals surface area contributed by atoms with Crippen molar-refractivity contribution in [3.8, 4) is 22.8 Å². The summed E-state index contributed by atoms with van der Waals surface area (Å²) in [5.41, 5.74) is 7.20. The lowest BCUT2D eigenvalue weighted by Crippen LogP contribution is -2.10. The summed E-state index contributed by atoms with van der Waals surface area (Å²) in [5, 5.41) is 0. The Hall–Kier alpha value is -2.56. The summed E-state index contributed by atoms with van der Waals surface area (Å²) in [6, 6.07) is 8.97. The van der Waals surface area contributed by atoms with Gasteiger partial charge in [0.05, 0.1) is 11.3 Å². The number of fused-ring (bicyclic) bond motifs is 1. The molecule has 1 aliphatic heterocycles. The van der Waals surface area contributed by atoms with Crippen LogP contribution in [0.4, 0.5) is 0 Å². The summed E-state index contributed by atoms with van der Waals surface area (Å²) in [7, 11) is 0. The Balaban J connectivity index is 1.97. The van der Waals surface area contributed by atoms with E-state index >= 15 is 0 Å². The summed E-state index contributed by atoms with van der Waals surface area (Å²) in [5.74, 6) is 0.945. The van der Waals surface area contributed by atoms with Crippen molar-refractivity contribution in [2.45, 2.75) is 0 Å². The van der Waals surface area contributed by atoms with Crippen molar-refractivity contribution < 1.29 is 14.3 Å². The third kappa shape index (κ3) is 1.75. The monoisotopic (exact) mass is 242 g/mol. The molecule has 1 aromatic carbocycles. The van der Waals surface area contributed by atoms with Gasteiger partial charge in [-0.2, -0.15) is 0 Å². The van der Waals surface area contributed by atoms with Gasteiger partial charge in [-0.1, -0.05) is 0 Å². The molecule has 3 rings (SSSR count). The normalized spacial score (nSPS) is 12.4. The molecule has 2 N–H and O–H groups in total. The smallest absolute Gasteiger partial charge is 0.250 e. The van der Waals surface area contributed by atoms with Crippen LogP contribution in [0.25, 0.3) is 11.3 Å². The number of benzene rings is 1. The molecule has 90 valence electrons. The number of hydrogen-bond donors (Lipinski definition) is 1. The zero-order valence-corrected chi connectivity index (χ0v) is 9.42. The van der Waals surface area contributed by atoms with Gasteiger partial charge < -0.3 is 15.2 Å². The van der Waals surface area contributed by atoms with E-state index in [0.717, 1.165) is 17.0 Å². The highest BCUT2D eigenvalue weighted by atomic mass is 16.7. The third-order valence-electron chi connectivity index (χ3n) is 2.72. The van der Waals surface area contributed by atoms with E-state index in [1.807, 2.05) is 18.2 Å². The molecule has 2 aromatic rings. The number of amides is 1. The minimum absolute atomic E-state index is 0.243. The van der Waals surface area contributed by atoms with Gasteiger partial charge in [0.25, 0.3) is 0 Å². The van der Waals surface area contributed by atoms with Crippen LogP contribution in [0, 0.1) is 0 Å². The van der Waals surface area contributed by atoms with E-state index in [-0.39, 0.29) is 6.79 Å². The van der Waals surface area contributed by atoms with E-state index in [9.17, 15) is 4.79 Å². The van der Waals surface area contributed by atoms with Crippen molar-refractivity contribution >= 4 is 5.91 Å². The molecule has 0 atom stereocenters. The second-order valence-electron chi connectivity index (χ2n) is 3.86. The van der Waals surface area contributed by atoms with E-state index in [2.05, 4.69) is 4.98 Å². The lowest BCUT2D eigenvalue weighted by atomic mass is 10.1. The Bertz CT molecular complexity index is 608. The van der Waals surface area contributed by atoms with Crippen LogP contribution in [-0.2, 0) is 0 Å². The molecule has 0 aliphatic carbocycles. The minimum atomic E-state index is -0.486. The Morgan fingerprint density at radius 1 is 1.17 bits per heavy atom. The molecular formula is C13H10N2O3. The number of hydrogen-bond acceptors (Lipinski definition) is 4. The number of ether oxygens (including phenoxy) is 2. The van der Waals surface area contributed by atoms with Crippen molar-refractivity contribution in [1.29, 1.82) is 0 Å². The molecule has 18 heavy (non-hydrogen) atoms. The quantitative estimate of drug-likeness (QED) is 0.867. The highest BCUT2D eigenvalue weighted by molar-refractivity contribution is 5.92. The van der Waals surface area contributed by atoms with Gasteiger partial charge in [-0.3, -0.25) is 9.78 Å². The van der Waals surface area contributed by atoms with E-state index in [1.54, 1.807) is 12.1 Å². The van der Waals surface area contributed by atoms with Gasteiger partial charge >= 0.3 is 0 Å². The lowest BCUT2D eigenvalue weighted by Gasteiger charge is -2.03. The largest absolute Gasteiger partial charge is 0.454 e. The molecule has 2 heterocycles. The third-order valence-corrected chi connectivity index (χ3v) is 2.72. The van der Waals surface area contributed by atoms with Crippen LogP contribution < -0.4 is 15.2 Å². The van der Waals surface area contributed by atoms with Crippen molar-refractivity contribution in [1.82, 2.24) is 4.98 Å². The molecule has 1 aliphatic rings. The maximum Gasteiger partial charge on any atom is 0.250 e. The molecule has 0 spiro atoms. The Kier molecular flexibility index (Phi) is 2.37. The number of carbonyl (C=O) groups is 1. The topological polar surface area (TPSA) is 74.4 Å². The second kappa shape index (κ2) is 4.03. The van der Waals surface area contributed by atoms with Gasteiger partial charge in [0, 0.05) is 11.8 Å². The fourth-order valence-electron chi connectivity index (χ4n) is 1.77. The number of rotatable bonds is 2. The predicted molar refractivity (Wildman–Crippen MR) is 64.3 cm³/mol. The van der Waals surface area contributed by atoms with Crippen molar-refractivity contribution in [2.75, 3.05) is 6.79 Å². The minimum Gasteiger partial charge on any atom is -0.454 e. The first-order valence-corrected chi connectivity index (χ1v) is 5.40. The molecule has 0 saturated heterocycles. The standard InChI is InChI=1S/C13H10N2O3/c14-13(16)9-1-3-10(15-6-9)8-2-4-11-12(5-8)18-7-17-11/h1-6H,7H2,(H2,14,16). The van der Waals surface area contributed by atoms with Crippen molar-refractivity contribution in [3.05, 3.63) is 42.1 Å². The highest BCUT2D eigenvalue weighted by Crippen LogP contribution is 2.35. The molecule has 0 unspecified atom stereocenters. The van der Waals surface area contributed by atoms with Gasteiger partial charge in [-0.15, -0.1) is 0 Å². The summed E-state index contributed by atoms with van der Waals surface area (Å²) in [4.78, 5) is 15.1. The first-order chi connectivity index (χ1) is 8.74. The predicted octanol–water partition coefficient (Wildman–Crippen LogP) is 1.58. The van der Waals surface area contributed by atoms with Crippen molar-refractivity contribution in [3.63, 3.8) is 0 Å². The molecule has 0 radical (unpaired) electrons. The molecule has 1 aromatic heterocycles. The Labute approximate surface area is 103 Å². The van der Waals surface area contributed by atoms with Crippen LogP contribution in [0.5, 0.6) is 11.5 Å². The van der Waals surface area contributed by atoms with E-state index in [4.69, 9.17) is 15.2 Å². The average Bonchev–Trinajstić information content (AvgIpc) is 2.86. The molecule has 1 amide bonds. The number of aromatic nitrogens is 1. The fourth-order valence-corrected chi connectivity index (χ4v) is 1.77. The van der Waals surface area contributed by atoms with E-state index < -0.39 is 5.91 Å².